The van der Waals surface area contributed by atoms with Gasteiger partial charge in [-0.25, -0.2) is 0 Å². The van der Waals surface area contributed by atoms with Gasteiger partial charge in [-0.3, -0.25) is 4.98 Å². The summed E-state index contributed by atoms with van der Waals surface area (Å²) in [5.74, 6) is 0.761. The fraction of sp³-hybridized carbons (Fsp3) is 0.261. The van der Waals surface area contributed by atoms with Crippen molar-refractivity contribution in [3.05, 3.63) is 60.3 Å². The molecule has 2 aromatic carbocycles. The van der Waals surface area contributed by atoms with Gasteiger partial charge in [0, 0.05) is 31.9 Å². The molecular weight excluding hydrogens is 350 g/mol. The Hall–Kier alpha value is -1.97. The summed E-state index contributed by atoms with van der Waals surface area (Å²) in [5, 5.41) is 4.27. The fourth-order valence-electron chi connectivity index (χ4n) is 3.69. The van der Waals surface area contributed by atoms with Crippen molar-refractivity contribution < 1.29 is 0 Å². The van der Waals surface area contributed by atoms with E-state index in [0.717, 1.165) is 11.6 Å². The van der Waals surface area contributed by atoms with Crippen LogP contribution in [0.15, 0.2) is 54.7 Å². The van der Waals surface area contributed by atoms with Gasteiger partial charge in [0.05, 0.1) is 13.8 Å². The number of rotatable bonds is 3. The number of hydrogen-bond donors (Lipinski definition) is 0. The van der Waals surface area contributed by atoms with Crippen molar-refractivity contribution in [2.45, 2.75) is 38.4 Å². The molecule has 2 aromatic heterocycles. The third-order valence-corrected chi connectivity index (χ3v) is 8.72. The second-order valence-electron chi connectivity index (χ2n) is 8.50. The van der Waals surface area contributed by atoms with E-state index in [0.29, 0.717) is 0 Å². The average molecular weight is 374 g/mol. The predicted molar refractivity (Wildman–Crippen MR) is 118 cm³/mol. The zero-order valence-electron chi connectivity index (χ0n) is 15.5. The maximum atomic E-state index is 4.80. The smallest absolute Gasteiger partial charge is 0.0776 e. The summed E-state index contributed by atoms with van der Waals surface area (Å²) in [5.41, 5.74) is 3.76. The van der Waals surface area contributed by atoms with Crippen LogP contribution in [0.2, 0.25) is 19.6 Å². The van der Waals surface area contributed by atoms with Crippen LogP contribution in [-0.2, 0) is 0 Å². The van der Waals surface area contributed by atoms with Gasteiger partial charge in [0.25, 0.3) is 0 Å². The molecule has 4 aromatic rings. The predicted octanol–water partition coefficient (Wildman–Crippen LogP) is 6.54. The number of thiophene rings is 1. The minimum atomic E-state index is -1.29. The van der Waals surface area contributed by atoms with Crippen LogP contribution >= 0.6 is 11.3 Å². The molecule has 0 saturated heterocycles. The van der Waals surface area contributed by atoms with Crippen LogP contribution in [-0.4, -0.2) is 13.1 Å². The first-order valence-corrected chi connectivity index (χ1v) is 13.7. The topological polar surface area (TPSA) is 12.9 Å². The standard InChI is InChI=1S/C23H23NSSi/c1-26(2,3)17-10-11-18-19-5-4-6-20(23(19)25-22(18)13-17)21-12-9-16(14-24-21)15-7-8-15/h4-6,9-15H,7-8H2,1-3H3. The SMILES string of the molecule is C[Si](C)(C)c1ccc2c(c1)sc1c(-c3ccc(C4CC4)cn3)cccc12. The molecule has 1 fully saturated rings. The lowest BCUT2D eigenvalue weighted by Crippen LogP contribution is -2.37. The van der Waals surface area contributed by atoms with Crippen LogP contribution in [0.1, 0.15) is 24.3 Å². The molecule has 0 spiro atoms. The van der Waals surface area contributed by atoms with Crippen molar-refractivity contribution in [3.63, 3.8) is 0 Å². The Morgan fingerprint density at radius 2 is 1.81 bits per heavy atom. The van der Waals surface area contributed by atoms with Gasteiger partial charge in [0.1, 0.15) is 0 Å². The average Bonchev–Trinajstić information content (AvgIpc) is 3.41. The van der Waals surface area contributed by atoms with Crippen molar-refractivity contribution in [2.24, 2.45) is 0 Å². The van der Waals surface area contributed by atoms with Crippen LogP contribution in [0, 0.1) is 0 Å². The van der Waals surface area contributed by atoms with E-state index in [1.165, 1.54) is 49.3 Å². The summed E-state index contributed by atoms with van der Waals surface area (Å²) in [6, 6.07) is 18.2. The Kier molecular flexibility index (Phi) is 3.60. The Morgan fingerprint density at radius 1 is 0.962 bits per heavy atom. The molecule has 0 atom stereocenters. The second kappa shape index (κ2) is 5.76. The fourth-order valence-corrected chi connectivity index (χ4v) is 6.22. The lowest BCUT2D eigenvalue weighted by atomic mass is 10.1. The first-order chi connectivity index (χ1) is 12.5. The summed E-state index contributed by atoms with van der Waals surface area (Å²) in [7, 11) is -1.29. The van der Waals surface area contributed by atoms with Crippen LogP contribution in [0.5, 0.6) is 0 Å². The maximum Gasteiger partial charge on any atom is 0.0776 e. The van der Waals surface area contributed by atoms with Crippen molar-refractivity contribution in [3.8, 4) is 11.3 Å². The molecule has 5 rings (SSSR count). The van der Waals surface area contributed by atoms with Crippen LogP contribution in [0.3, 0.4) is 0 Å². The zero-order valence-corrected chi connectivity index (χ0v) is 17.4. The summed E-state index contributed by atoms with van der Waals surface area (Å²) in [6.07, 6.45) is 4.74. The summed E-state index contributed by atoms with van der Waals surface area (Å²) in [6.45, 7) is 7.24. The molecule has 3 heteroatoms. The lowest BCUT2D eigenvalue weighted by molar-refractivity contribution is 1.10. The number of fused-ring (bicyclic) bond motifs is 3. The number of nitrogens with zero attached hydrogens (tertiary/aromatic N) is 1. The molecule has 1 nitrogen and oxygen atoms in total. The van der Waals surface area contributed by atoms with E-state index < -0.39 is 8.07 Å². The number of pyridine rings is 1. The second-order valence-corrected chi connectivity index (χ2v) is 14.6. The van der Waals surface area contributed by atoms with Crippen LogP contribution in [0.25, 0.3) is 31.4 Å². The monoisotopic (exact) mass is 373 g/mol. The van der Waals surface area contributed by atoms with E-state index in [1.807, 2.05) is 11.3 Å². The zero-order chi connectivity index (χ0) is 17.9. The molecule has 0 amide bonds. The first-order valence-electron chi connectivity index (χ1n) is 9.43. The number of hydrogen-bond acceptors (Lipinski definition) is 2. The van der Waals surface area contributed by atoms with E-state index in [9.17, 15) is 0 Å². The van der Waals surface area contributed by atoms with Gasteiger partial charge >= 0.3 is 0 Å². The van der Waals surface area contributed by atoms with Gasteiger partial charge < -0.3 is 0 Å². The van der Waals surface area contributed by atoms with Gasteiger partial charge in [-0.05, 0) is 36.5 Å². The lowest BCUT2D eigenvalue weighted by Gasteiger charge is -2.16. The van der Waals surface area contributed by atoms with E-state index in [1.54, 1.807) is 0 Å². The highest BCUT2D eigenvalue weighted by molar-refractivity contribution is 7.26. The largest absolute Gasteiger partial charge is 0.256 e. The third-order valence-electron chi connectivity index (χ3n) is 5.48. The van der Waals surface area contributed by atoms with Gasteiger partial charge in [-0.1, -0.05) is 61.2 Å². The Morgan fingerprint density at radius 3 is 2.50 bits per heavy atom. The third kappa shape index (κ3) is 2.70. The molecule has 0 N–H and O–H groups in total. The molecular formula is C23H23NSSi. The highest BCUT2D eigenvalue weighted by atomic mass is 32.1. The van der Waals surface area contributed by atoms with Crippen molar-refractivity contribution in [1.82, 2.24) is 4.98 Å². The van der Waals surface area contributed by atoms with Crippen LogP contribution < -0.4 is 5.19 Å². The van der Waals surface area contributed by atoms with Gasteiger partial charge in [-0.15, -0.1) is 11.3 Å². The van der Waals surface area contributed by atoms with Gasteiger partial charge in [0.15, 0.2) is 0 Å². The van der Waals surface area contributed by atoms with E-state index in [2.05, 4.69) is 74.4 Å². The van der Waals surface area contributed by atoms with E-state index in [4.69, 9.17) is 4.98 Å². The molecule has 2 heterocycles. The quantitative estimate of drug-likeness (QED) is 0.372. The molecule has 26 heavy (non-hydrogen) atoms. The van der Waals surface area contributed by atoms with E-state index in [-0.39, 0.29) is 0 Å². The number of benzene rings is 2. The summed E-state index contributed by atoms with van der Waals surface area (Å²) < 4.78 is 2.77. The minimum absolute atomic E-state index is 0.761. The molecule has 0 bridgehead atoms. The highest BCUT2D eigenvalue weighted by Crippen LogP contribution is 2.41. The summed E-state index contributed by atoms with van der Waals surface area (Å²) in [4.78, 5) is 4.80. The van der Waals surface area contributed by atoms with Gasteiger partial charge in [-0.2, -0.15) is 0 Å². The molecule has 130 valence electrons. The van der Waals surface area contributed by atoms with Gasteiger partial charge in [0.2, 0.25) is 0 Å². The molecule has 0 aliphatic heterocycles. The van der Waals surface area contributed by atoms with Crippen molar-refractivity contribution >= 4 is 44.8 Å². The molecule has 1 saturated carbocycles. The minimum Gasteiger partial charge on any atom is -0.256 e. The Bertz CT molecular complexity index is 1110. The summed E-state index contributed by atoms with van der Waals surface area (Å²) >= 11 is 1.92. The van der Waals surface area contributed by atoms with E-state index >= 15 is 0 Å². The Labute approximate surface area is 159 Å². The molecule has 0 radical (unpaired) electrons. The Balaban J connectivity index is 1.68. The van der Waals surface area contributed by atoms with Crippen LogP contribution in [0.4, 0.5) is 0 Å². The highest BCUT2D eigenvalue weighted by Gasteiger charge is 2.24. The number of aromatic nitrogens is 1. The van der Waals surface area contributed by atoms with Crippen molar-refractivity contribution in [2.75, 3.05) is 0 Å². The first kappa shape index (κ1) is 16.2. The normalized spacial score (nSPS) is 15.0. The molecule has 0 unspecified atom stereocenters. The molecule has 1 aliphatic rings. The molecule has 1 aliphatic carbocycles. The van der Waals surface area contributed by atoms with Crippen molar-refractivity contribution in [1.29, 1.82) is 0 Å². The maximum absolute atomic E-state index is 4.80.